The van der Waals surface area contributed by atoms with E-state index in [1.54, 1.807) is 4.68 Å². The van der Waals surface area contributed by atoms with Crippen molar-refractivity contribution in [1.29, 1.82) is 0 Å². The molecule has 1 N–H and O–H groups in total. The lowest BCUT2D eigenvalue weighted by Crippen LogP contribution is -2.26. The van der Waals surface area contributed by atoms with Crippen LogP contribution in [0.5, 0.6) is 0 Å². The Morgan fingerprint density at radius 3 is 2.63 bits per heavy atom. The summed E-state index contributed by atoms with van der Waals surface area (Å²) in [6.45, 7) is 4.33. The predicted octanol–water partition coefficient (Wildman–Crippen LogP) is 2.00. The first-order valence-corrected chi connectivity index (χ1v) is 6.62. The molecule has 1 heterocycles. The van der Waals surface area contributed by atoms with E-state index in [0.29, 0.717) is 6.42 Å². The summed E-state index contributed by atoms with van der Waals surface area (Å²) in [6, 6.07) is 9.81. The fraction of sp³-hybridized carbons (Fsp3) is 0.500. The number of hydrogen-bond donors (Lipinski definition) is 1. The van der Waals surface area contributed by atoms with Gasteiger partial charge in [-0.25, -0.2) is 0 Å². The highest BCUT2D eigenvalue weighted by Gasteiger charge is 2.26. The summed E-state index contributed by atoms with van der Waals surface area (Å²) in [5, 5.41) is 21.5. The zero-order chi connectivity index (χ0) is 13.7. The molecule has 0 fully saturated rings. The molecule has 5 nitrogen and oxygen atoms in total. The number of aliphatic hydroxyl groups excluding tert-OH is 1. The van der Waals surface area contributed by atoms with Crippen LogP contribution in [0, 0.1) is 5.41 Å². The summed E-state index contributed by atoms with van der Waals surface area (Å²) in [5.74, 6) is 0.788. The number of aliphatic hydroxyl groups is 1. The summed E-state index contributed by atoms with van der Waals surface area (Å²) >= 11 is 0. The van der Waals surface area contributed by atoms with E-state index in [9.17, 15) is 5.11 Å². The van der Waals surface area contributed by atoms with Gasteiger partial charge in [-0.3, -0.25) is 0 Å². The average molecular weight is 260 g/mol. The molecule has 19 heavy (non-hydrogen) atoms. The number of tetrazole rings is 1. The largest absolute Gasteiger partial charge is 0.396 e. The third kappa shape index (κ3) is 3.17. The van der Waals surface area contributed by atoms with E-state index in [1.165, 1.54) is 0 Å². The van der Waals surface area contributed by atoms with Gasteiger partial charge in [0, 0.05) is 13.0 Å². The van der Waals surface area contributed by atoms with E-state index in [1.807, 2.05) is 30.3 Å². The van der Waals surface area contributed by atoms with Gasteiger partial charge in [0.25, 0.3) is 0 Å². The SMILES string of the molecule is CCCC(C)(CO)Cc1nnnn1-c1ccccc1. The van der Waals surface area contributed by atoms with E-state index < -0.39 is 0 Å². The Morgan fingerprint density at radius 1 is 1.26 bits per heavy atom. The summed E-state index contributed by atoms with van der Waals surface area (Å²) in [7, 11) is 0. The molecule has 0 saturated heterocycles. The van der Waals surface area contributed by atoms with Crippen molar-refractivity contribution >= 4 is 0 Å². The molecule has 102 valence electrons. The van der Waals surface area contributed by atoms with Crippen molar-refractivity contribution in [2.45, 2.75) is 33.1 Å². The van der Waals surface area contributed by atoms with Crippen molar-refractivity contribution in [3.8, 4) is 5.69 Å². The van der Waals surface area contributed by atoms with Gasteiger partial charge in [-0.15, -0.1) is 5.10 Å². The first-order valence-electron chi connectivity index (χ1n) is 6.62. The molecule has 0 aliphatic carbocycles. The van der Waals surface area contributed by atoms with Crippen molar-refractivity contribution in [3.05, 3.63) is 36.2 Å². The highest BCUT2D eigenvalue weighted by Crippen LogP contribution is 2.27. The number of benzene rings is 1. The Labute approximate surface area is 113 Å². The van der Waals surface area contributed by atoms with Crippen LogP contribution in [-0.4, -0.2) is 31.9 Å². The third-order valence-electron chi connectivity index (χ3n) is 3.36. The molecule has 1 atom stereocenters. The fourth-order valence-electron chi connectivity index (χ4n) is 2.29. The number of para-hydroxylation sites is 1. The minimum Gasteiger partial charge on any atom is -0.396 e. The lowest BCUT2D eigenvalue weighted by Gasteiger charge is -2.25. The van der Waals surface area contributed by atoms with Crippen LogP contribution >= 0.6 is 0 Å². The third-order valence-corrected chi connectivity index (χ3v) is 3.36. The van der Waals surface area contributed by atoms with Gasteiger partial charge in [-0.2, -0.15) is 4.68 Å². The van der Waals surface area contributed by atoms with E-state index >= 15 is 0 Å². The maximum Gasteiger partial charge on any atom is 0.157 e. The Balaban J connectivity index is 2.25. The smallest absolute Gasteiger partial charge is 0.157 e. The predicted molar refractivity (Wildman–Crippen MR) is 73.0 cm³/mol. The zero-order valence-electron chi connectivity index (χ0n) is 11.5. The van der Waals surface area contributed by atoms with E-state index in [-0.39, 0.29) is 12.0 Å². The second-order valence-corrected chi connectivity index (χ2v) is 5.24. The van der Waals surface area contributed by atoms with Crippen molar-refractivity contribution < 1.29 is 5.11 Å². The Bertz CT molecular complexity index is 511. The van der Waals surface area contributed by atoms with Crippen molar-refractivity contribution in [2.24, 2.45) is 5.41 Å². The monoisotopic (exact) mass is 260 g/mol. The van der Waals surface area contributed by atoms with Gasteiger partial charge < -0.3 is 5.11 Å². The van der Waals surface area contributed by atoms with Crippen LogP contribution in [0.1, 0.15) is 32.5 Å². The fourth-order valence-corrected chi connectivity index (χ4v) is 2.29. The molecule has 0 spiro atoms. The molecule has 2 rings (SSSR count). The van der Waals surface area contributed by atoms with E-state index in [0.717, 1.165) is 24.4 Å². The minimum atomic E-state index is -0.171. The first-order chi connectivity index (χ1) is 9.18. The molecule has 5 heteroatoms. The van der Waals surface area contributed by atoms with Crippen molar-refractivity contribution in [3.63, 3.8) is 0 Å². The molecule has 0 saturated carbocycles. The molecule has 0 bridgehead atoms. The van der Waals surface area contributed by atoms with Crippen molar-refractivity contribution in [1.82, 2.24) is 20.2 Å². The van der Waals surface area contributed by atoms with Gasteiger partial charge in [0.1, 0.15) is 0 Å². The maximum atomic E-state index is 9.60. The zero-order valence-corrected chi connectivity index (χ0v) is 11.5. The van der Waals surface area contributed by atoms with Crippen LogP contribution in [0.4, 0.5) is 0 Å². The number of aromatic nitrogens is 4. The van der Waals surface area contributed by atoms with Gasteiger partial charge in [-0.1, -0.05) is 38.5 Å². The first kappa shape index (κ1) is 13.7. The molecular weight excluding hydrogens is 240 g/mol. The van der Waals surface area contributed by atoms with E-state index in [2.05, 4.69) is 29.4 Å². The van der Waals surface area contributed by atoms with Gasteiger partial charge in [0.05, 0.1) is 5.69 Å². The molecule has 0 aliphatic heterocycles. The molecule has 1 aromatic carbocycles. The Hall–Kier alpha value is -1.75. The molecule has 0 aliphatic rings. The lowest BCUT2D eigenvalue weighted by atomic mass is 9.83. The Morgan fingerprint density at radius 2 is 2.00 bits per heavy atom. The van der Waals surface area contributed by atoms with Crippen LogP contribution < -0.4 is 0 Å². The number of rotatable bonds is 6. The topological polar surface area (TPSA) is 63.8 Å². The Kier molecular flexibility index (Phi) is 4.27. The molecule has 1 aromatic heterocycles. The van der Waals surface area contributed by atoms with Crippen LogP contribution in [0.3, 0.4) is 0 Å². The normalized spacial score (nSPS) is 14.3. The summed E-state index contributed by atoms with van der Waals surface area (Å²) in [6.07, 6.45) is 2.65. The summed E-state index contributed by atoms with van der Waals surface area (Å²) in [4.78, 5) is 0. The van der Waals surface area contributed by atoms with Gasteiger partial charge >= 0.3 is 0 Å². The molecule has 2 aromatic rings. The summed E-state index contributed by atoms with van der Waals surface area (Å²) in [5.41, 5.74) is 0.773. The molecule has 1 unspecified atom stereocenters. The van der Waals surface area contributed by atoms with Crippen LogP contribution in [-0.2, 0) is 6.42 Å². The standard InChI is InChI=1S/C14H20N4O/c1-3-9-14(2,11-19)10-13-15-16-17-18(13)12-7-5-4-6-8-12/h4-8,19H,3,9-11H2,1-2H3. The van der Waals surface area contributed by atoms with Crippen LogP contribution in [0.25, 0.3) is 5.69 Å². The quantitative estimate of drug-likeness (QED) is 0.863. The maximum absolute atomic E-state index is 9.60. The van der Waals surface area contributed by atoms with E-state index in [4.69, 9.17) is 0 Å². The molecule has 0 radical (unpaired) electrons. The van der Waals surface area contributed by atoms with Crippen molar-refractivity contribution in [2.75, 3.05) is 6.61 Å². The lowest BCUT2D eigenvalue weighted by molar-refractivity contribution is 0.128. The van der Waals surface area contributed by atoms with Gasteiger partial charge in [0.15, 0.2) is 5.82 Å². The van der Waals surface area contributed by atoms with Gasteiger partial charge in [0.2, 0.25) is 0 Å². The molecule has 0 amide bonds. The second kappa shape index (κ2) is 5.93. The number of hydrogen-bond acceptors (Lipinski definition) is 4. The van der Waals surface area contributed by atoms with Gasteiger partial charge in [-0.05, 0) is 34.4 Å². The summed E-state index contributed by atoms with van der Waals surface area (Å²) < 4.78 is 1.74. The second-order valence-electron chi connectivity index (χ2n) is 5.24. The number of nitrogens with zero attached hydrogens (tertiary/aromatic N) is 4. The highest BCUT2D eigenvalue weighted by molar-refractivity contribution is 5.30. The average Bonchev–Trinajstić information content (AvgIpc) is 2.88. The van der Waals surface area contributed by atoms with Crippen LogP contribution in [0.2, 0.25) is 0 Å². The highest BCUT2D eigenvalue weighted by atomic mass is 16.3. The minimum absolute atomic E-state index is 0.141. The molecular formula is C14H20N4O. The van der Waals surface area contributed by atoms with Crippen LogP contribution in [0.15, 0.2) is 30.3 Å².